The molecule has 13 aromatic rings. The van der Waals surface area contributed by atoms with E-state index in [1.165, 1.54) is 74.7 Å². The molecule has 264 valence electrons. The molecule has 0 spiro atoms. The second-order valence-electron chi connectivity index (χ2n) is 15.1. The SMILES string of the molecule is c1ccc2cc3c(ccc4c3nc3c5sc6cc7ccccc7cc6c5cc(-c5ccc(-c6ccc(-c7cccc8oc9ccccc9c78)cc6)cc5)n43)cc2c1. The molecule has 3 nitrogen and oxygen atoms in total. The number of pyridine rings is 1. The van der Waals surface area contributed by atoms with E-state index >= 15 is 0 Å². The molecular weight excluding hydrogens is 713 g/mol. The van der Waals surface area contributed by atoms with Gasteiger partial charge in [0.05, 0.1) is 21.4 Å². The smallest absolute Gasteiger partial charge is 0.156 e. The van der Waals surface area contributed by atoms with Crippen molar-refractivity contribution in [3.05, 3.63) is 182 Å². The van der Waals surface area contributed by atoms with Crippen LogP contribution in [0.1, 0.15) is 0 Å². The van der Waals surface area contributed by atoms with Crippen molar-refractivity contribution in [3.63, 3.8) is 0 Å². The molecule has 0 atom stereocenters. The molecule has 0 unspecified atom stereocenters. The predicted octanol–water partition coefficient (Wildman–Crippen LogP) is 15.2. The van der Waals surface area contributed by atoms with Crippen LogP contribution in [0.2, 0.25) is 0 Å². The van der Waals surface area contributed by atoms with Crippen LogP contribution in [0.5, 0.6) is 0 Å². The number of furan rings is 1. The summed E-state index contributed by atoms with van der Waals surface area (Å²) in [4.78, 5) is 5.53. The monoisotopic (exact) mass is 742 g/mol. The van der Waals surface area contributed by atoms with Gasteiger partial charge in [0.15, 0.2) is 5.65 Å². The Labute approximate surface area is 330 Å². The van der Waals surface area contributed by atoms with Crippen LogP contribution in [0.3, 0.4) is 0 Å². The molecule has 0 fully saturated rings. The molecule has 0 amide bonds. The molecular formula is C53H30N2OS. The summed E-state index contributed by atoms with van der Waals surface area (Å²) >= 11 is 1.85. The average Bonchev–Trinajstić information content (AvgIpc) is 3.96. The van der Waals surface area contributed by atoms with E-state index in [2.05, 4.69) is 174 Å². The lowest BCUT2D eigenvalue weighted by Crippen LogP contribution is -1.93. The average molecular weight is 743 g/mol. The maximum atomic E-state index is 6.19. The van der Waals surface area contributed by atoms with E-state index in [1.807, 2.05) is 23.5 Å². The Morgan fingerprint density at radius 3 is 1.84 bits per heavy atom. The van der Waals surface area contributed by atoms with Gasteiger partial charge in [-0.2, -0.15) is 0 Å². The molecule has 0 bridgehead atoms. The van der Waals surface area contributed by atoms with Crippen molar-refractivity contribution < 1.29 is 4.42 Å². The number of hydrogen-bond acceptors (Lipinski definition) is 3. The molecule has 4 heteroatoms. The highest BCUT2D eigenvalue weighted by Crippen LogP contribution is 2.43. The Morgan fingerprint density at radius 2 is 1.07 bits per heavy atom. The quantitative estimate of drug-likeness (QED) is 0.169. The first kappa shape index (κ1) is 31.0. The van der Waals surface area contributed by atoms with Gasteiger partial charge in [0.2, 0.25) is 0 Å². The maximum absolute atomic E-state index is 6.19. The van der Waals surface area contributed by atoms with Crippen molar-refractivity contribution in [1.82, 2.24) is 9.38 Å². The Hall–Kier alpha value is -7.27. The highest BCUT2D eigenvalue weighted by molar-refractivity contribution is 7.26. The van der Waals surface area contributed by atoms with Gasteiger partial charge >= 0.3 is 0 Å². The topological polar surface area (TPSA) is 30.4 Å². The lowest BCUT2D eigenvalue weighted by Gasteiger charge is -2.11. The molecule has 0 aliphatic rings. The normalized spacial score (nSPS) is 12.2. The number of fused-ring (bicyclic) bond motifs is 14. The van der Waals surface area contributed by atoms with E-state index < -0.39 is 0 Å². The zero-order valence-electron chi connectivity index (χ0n) is 30.5. The summed E-state index contributed by atoms with van der Waals surface area (Å²) in [6.07, 6.45) is 0. The Balaban J connectivity index is 0.983. The lowest BCUT2D eigenvalue weighted by molar-refractivity contribution is 0.669. The summed E-state index contributed by atoms with van der Waals surface area (Å²) < 4.78 is 11.1. The van der Waals surface area contributed by atoms with E-state index in [1.54, 1.807) is 0 Å². The van der Waals surface area contributed by atoms with E-state index in [4.69, 9.17) is 9.40 Å². The first-order chi connectivity index (χ1) is 28.2. The maximum Gasteiger partial charge on any atom is 0.156 e. The van der Waals surface area contributed by atoms with Crippen LogP contribution < -0.4 is 0 Å². The third-order valence-electron chi connectivity index (χ3n) is 11.9. The zero-order chi connectivity index (χ0) is 37.2. The second kappa shape index (κ2) is 11.6. The summed E-state index contributed by atoms with van der Waals surface area (Å²) in [5.41, 5.74) is 12.0. The highest BCUT2D eigenvalue weighted by atomic mass is 32.1. The van der Waals surface area contributed by atoms with Crippen LogP contribution in [-0.2, 0) is 0 Å². The molecule has 0 saturated heterocycles. The lowest BCUT2D eigenvalue weighted by atomic mass is 9.96. The zero-order valence-corrected chi connectivity index (χ0v) is 31.3. The van der Waals surface area contributed by atoms with E-state index in [0.29, 0.717) is 0 Å². The first-order valence-corrected chi connectivity index (χ1v) is 20.2. The Bertz CT molecular complexity index is 3790. The molecule has 0 saturated carbocycles. The van der Waals surface area contributed by atoms with Crippen molar-refractivity contribution in [2.24, 2.45) is 0 Å². The van der Waals surface area contributed by atoms with Gasteiger partial charge in [0.25, 0.3) is 0 Å². The number of hydrogen-bond donors (Lipinski definition) is 0. The number of benzene rings is 9. The van der Waals surface area contributed by atoms with Gasteiger partial charge in [-0.1, -0.05) is 133 Å². The molecule has 4 aromatic heterocycles. The van der Waals surface area contributed by atoms with Gasteiger partial charge < -0.3 is 4.42 Å². The minimum atomic E-state index is 0.914. The third kappa shape index (κ3) is 4.56. The van der Waals surface area contributed by atoms with Crippen LogP contribution >= 0.6 is 11.3 Å². The van der Waals surface area contributed by atoms with Crippen LogP contribution in [0.4, 0.5) is 0 Å². The number of thiophene rings is 1. The van der Waals surface area contributed by atoms with Gasteiger partial charge in [-0.3, -0.25) is 4.40 Å². The van der Waals surface area contributed by atoms with Gasteiger partial charge in [-0.05, 0) is 103 Å². The van der Waals surface area contributed by atoms with Crippen molar-refractivity contribution in [2.75, 3.05) is 0 Å². The summed E-state index contributed by atoms with van der Waals surface area (Å²) in [5, 5.41) is 12.2. The van der Waals surface area contributed by atoms with E-state index in [-0.39, 0.29) is 0 Å². The van der Waals surface area contributed by atoms with E-state index in [9.17, 15) is 0 Å². The summed E-state index contributed by atoms with van der Waals surface area (Å²) in [6, 6.07) is 66.1. The standard InChI is InChI=1S/C53H30N2OS/c1-2-9-36-27-42-39(26-35(36)8-1)24-25-45-51(42)54-53-52-44(43-28-37-10-3-4-11-38(37)29-49(43)57-52)30-46(55(45)53)34-22-18-32(19-23-34)31-16-20-33(21-17-31)40-13-7-15-48-50(40)41-12-5-6-14-47(41)56-48/h1-30H. The minimum absolute atomic E-state index is 0.914. The fourth-order valence-corrected chi connectivity index (χ4v) is 10.4. The number of para-hydroxylation sites is 1. The Morgan fingerprint density at radius 1 is 0.439 bits per heavy atom. The molecule has 0 radical (unpaired) electrons. The van der Waals surface area contributed by atoms with Gasteiger partial charge in [-0.15, -0.1) is 11.3 Å². The number of nitrogens with zero attached hydrogens (tertiary/aromatic N) is 2. The van der Waals surface area contributed by atoms with Gasteiger partial charge in [0.1, 0.15) is 11.2 Å². The van der Waals surface area contributed by atoms with Crippen molar-refractivity contribution in [3.8, 4) is 33.5 Å². The summed E-state index contributed by atoms with van der Waals surface area (Å²) in [6.45, 7) is 0. The fraction of sp³-hybridized carbons (Fsp3) is 0. The van der Waals surface area contributed by atoms with Crippen LogP contribution in [0, 0.1) is 0 Å². The molecule has 57 heavy (non-hydrogen) atoms. The largest absolute Gasteiger partial charge is 0.456 e. The molecule has 0 aliphatic heterocycles. The summed E-state index contributed by atoms with van der Waals surface area (Å²) in [5.74, 6) is 0. The van der Waals surface area contributed by atoms with Crippen LogP contribution in [0.15, 0.2) is 186 Å². The van der Waals surface area contributed by atoms with Crippen molar-refractivity contribution in [2.45, 2.75) is 0 Å². The third-order valence-corrected chi connectivity index (χ3v) is 13.1. The number of rotatable bonds is 3. The molecule has 13 rings (SSSR count). The van der Waals surface area contributed by atoms with Crippen molar-refractivity contribution >= 4 is 102 Å². The van der Waals surface area contributed by atoms with Gasteiger partial charge in [-0.25, -0.2) is 4.98 Å². The van der Waals surface area contributed by atoms with Crippen molar-refractivity contribution in [1.29, 1.82) is 0 Å². The minimum Gasteiger partial charge on any atom is -0.456 e. The Kier molecular flexibility index (Phi) is 6.32. The number of aromatic nitrogens is 2. The van der Waals surface area contributed by atoms with E-state index in [0.717, 1.165) is 49.9 Å². The second-order valence-corrected chi connectivity index (χ2v) is 16.2. The predicted molar refractivity (Wildman–Crippen MR) is 242 cm³/mol. The first-order valence-electron chi connectivity index (χ1n) is 19.4. The van der Waals surface area contributed by atoms with Crippen LogP contribution in [0.25, 0.3) is 125 Å². The molecule has 0 N–H and O–H groups in total. The fourth-order valence-electron chi connectivity index (χ4n) is 9.17. The molecule has 0 aliphatic carbocycles. The number of imidazole rings is 1. The van der Waals surface area contributed by atoms with Crippen LogP contribution in [-0.4, -0.2) is 9.38 Å². The summed E-state index contributed by atoms with van der Waals surface area (Å²) in [7, 11) is 0. The highest BCUT2D eigenvalue weighted by Gasteiger charge is 2.20. The van der Waals surface area contributed by atoms with Gasteiger partial charge in [0, 0.05) is 31.6 Å². The molecule has 4 heterocycles. The molecule has 9 aromatic carbocycles.